The molecule has 1 aliphatic rings. The lowest BCUT2D eigenvalue weighted by Gasteiger charge is -2.28. The monoisotopic (exact) mass is 354 g/mol. The maximum absolute atomic E-state index is 5.79. The molecule has 136 valence electrons. The van der Waals surface area contributed by atoms with Gasteiger partial charge >= 0.3 is 0 Å². The van der Waals surface area contributed by atoms with Gasteiger partial charge in [0.1, 0.15) is 11.5 Å². The standard InChI is InChI=1S/C18H22N6O2/c1-12-15-17(23(2)10-13-11-25-8-9-26-13)20-16(14-6-4-5-7-19-14)21-18(15)24(3)22-12/h4-7,13H,8-11H2,1-3H3. The summed E-state index contributed by atoms with van der Waals surface area (Å²) >= 11 is 0. The van der Waals surface area contributed by atoms with E-state index in [1.807, 2.05) is 39.2 Å². The highest BCUT2D eigenvalue weighted by molar-refractivity contribution is 5.91. The second kappa shape index (κ2) is 6.97. The van der Waals surface area contributed by atoms with Gasteiger partial charge in [-0.1, -0.05) is 6.07 Å². The lowest BCUT2D eigenvalue weighted by molar-refractivity contribution is -0.0837. The molecule has 8 heteroatoms. The van der Waals surface area contributed by atoms with E-state index in [1.165, 1.54) is 0 Å². The first-order valence-corrected chi connectivity index (χ1v) is 8.66. The molecule has 0 amide bonds. The molecule has 3 aromatic rings. The smallest absolute Gasteiger partial charge is 0.182 e. The summed E-state index contributed by atoms with van der Waals surface area (Å²) in [7, 11) is 3.90. The number of nitrogens with zero attached hydrogens (tertiary/aromatic N) is 6. The van der Waals surface area contributed by atoms with Crippen LogP contribution in [0.1, 0.15) is 5.69 Å². The summed E-state index contributed by atoms with van der Waals surface area (Å²) in [5.41, 5.74) is 2.43. The van der Waals surface area contributed by atoms with E-state index in [2.05, 4.69) is 15.0 Å². The fourth-order valence-corrected chi connectivity index (χ4v) is 3.24. The quantitative estimate of drug-likeness (QED) is 0.704. The van der Waals surface area contributed by atoms with Crippen LogP contribution >= 0.6 is 0 Å². The van der Waals surface area contributed by atoms with Crippen LogP contribution in [-0.4, -0.2) is 64.2 Å². The summed E-state index contributed by atoms with van der Waals surface area (Å²) in [6.07, 6.45) is 1.77. The number of rotatable bonds is 4. The third-order valence-electron chi connectivity index (χ3n) is 4.46. The van der Waals surface area contributed by atoms with Gasteiger partial charge in [-0.15, -0.1) is 0 Å². The third-order valence-corrected chi connectivity index (χ3v) is 4.46. The second-order valence-corrected chi connectivity index (χ2v) is 6.44. The average Bonchev–Trinajstić information content (AvgIpc) is 2.96. The zero-order chi connectivity index (χ0) is 18.1. The van der Waals surface area contributed by atoms with Gasteiger partial charge in [0.25, 0.3) is 0 Å². The minimum Gasteiger partial charge on any atom is -0.376 e. The average molecular weight is 354 g/mol. The van der Waals surface area contributed by atoms with Gasteiger partial charge in [-0.05, 0) is 19.1 Å². The largest absolute Gasteiger partial charge is 0.376 e. The number of pyridine rings is 1. The number of fused-ring (bicyclic) bond motifs is 1. The van der Waals surface area contributed by atoms with Gasteiger partial charge < -0.3 is 14.4 Å². The van der Waals surface area contributed by atoms with Crippen molar-refractivity contribution in [2.75, 3.05) is 38.3 Å². The minimum absolute atomic E-state index is 0.0223. The van der Waals surface area contributed by atoms with E-state index >= 15 is 0 Å². The maximum atomic E-state index is 5.79. The minimum atomic E-state index is 0.0223. The molecule has 1 saturated heterocycles. The molecule has 0 saturated carbocycles. The number of aryl methyl sites for hydroxylation is 2. The number of aromatic nitrogens is 5. The molecule has 1 unspecified atom stereocenters. The summed E-state index contributed by atoms with van der Waals surface area (Å²) in [5.74, 6) is 1.42. The van der Waals surface area contributed by atoms with Crippen LogP contribution in [0.15, 0.2) is 24.4 Å². The van der Waals surface area contributed by atoms with Crippen molar-refractivity contribution in [3.05, 3.63) is 30.1 Å². The number of ether oxygens (including phenoxy) is 2. The highest BCUT2D eigenvalue weighted by atomic mass is 16.6. The molecule has 26 heavy (non-hydrogen) atoms. The van der Waals surface area contributed by atoms with E-state index in [-0.39, 0.29) is 6.10 Å². The van der Waals surface area contributed by atoms with Crippen molar-refractivity contribution in [2.24, 2.45) is 7.05 Å². The molecular formula is C18H22N6O2. The number of hydrogen-bond donors (Lipinski definition) is 0. The first-order valence-electron chi connectivity index (χ1n) is 8.66. The maximum Gasteiger partial charge on any atom is 0.182 e. The van der Waals surface area contributed by atoms with Crippen LogP contribution in [0.3, 0.4) is 0 Å². The van der Waals surface area contributed by atoms with Crippen LogP contribution in [0.25, 0.3) is 22.6 Å². The Labute approximate surface area is 151 Å². The van der Waals surface area contributed by atoms with Gasteiger partial charge in [-0.25, -0.2) is 9.97 Å². The zero-order valence-electron chi connectivity index (χ0n) is 15.2. The predicted octanol–water partition coefficient (Wildman–Crippen LogP) is 1.59. The number of hydrogen-bond acceptors (Lipinski definition) is 7. The molecule has 0 spiro atoms. The van der Waals surface area contributed by atoms with Gasteiger partial charge in [0.05, 0.1) is 37.0 Å². The van der Waals surface area contributed by atoms with E-state index in [9.17, 15) is 0 Å². The first kappa shape index (κ1) is 16.9. The second-order valence-electron chi connectivity index (χ2n) is 6.44. The lowest BCUT2D eigenvalue weighted by Crippen LogP contribution is -2.38. The summed E-state index contributed by atoms with van der Waals surface area (Å²) in [4.78, 5) is 16.0. The third kappa shape index (κ3) is 3.13. The number of anilines is 1. The van der Waals surface area contributed by atoms with E-state index in [4.69, 9.17) is 19.4 Å². The van der Waals surface area contributed by atoms with Crippen LogP contribution in [0.4, 0.5) is 5.82 Å². The van der Waals surface area contributed by atoms with E-state index in [0.717, 1.165) is 28.2 Å². The molecule has 1 atom stereocenters. The van der Waals surface area contributed by atoms with Crippen molar-refractivity contribution < 1.29 is 9.47 Å². The van der Waals surface area contributed by atoms with Crippen molar-refractivity contribution in [1.82, 2.24) is 24.7 Å². The Hall–Kier alpha value is -2.58. The van der Waals surface area contributed by atoms with Gasteiger partial charge in [0.15, 0.2) is 11.5 Å². The molecule has 0 N–H and O–H groups in total. The van der Waals surface area contributed by atoms with Crippen LogP contribution in [0.2, 0.25) is 0 Å². The predicted molar refractivity (Wildman–Crippen MR) is 98.1 cm³/mol. The summed E-state index contributed by atoms with van der Waals surface area (Å²) in [6, 6.07) is 5.72. The van der Waals surface area contributed by atoms with E-state index in [0.29, 0.717) is 32.2 Å². The fraction of sp³-hybridized carbons (Fsp3) is 0.444. The molecule has 0 aromatic carbocycles. The van der Waals surface area contributed by atoms with Crippen molar-refractivity contribution in [2.45, 2.75) is 13.0 Å². The highest BCUT2D eigenvalue weighted by Crippen LogP contribution is 2.28. The fourth-order valence-electron chi connectivity index (χ4n) is 3.24. The Bertz CT molecular complexity index is 905. The summed E-state index contributed by atoms with van der Waals surface area (Å²) in [6.45, 7) is 4.54. The van der Waals surface area contributed by atoms with E-state index < -0.39 is 0 Å². The molecule has 0 radical (unpaired) electrons. The van der Waals surface area contributed by atoms with Gasteiger partial charge in [-0.3, -0.25) is 9.67 Å². The lowest BCUT2D eigenvalue weighted by atomic mass is 10.2. The van der Waals surface area contributed by atoms with Crippen molar-refractivity contribution in [3.8, 4) is 11.5 Å². The Kier molecular flexibility index (Phi) is 4.52. The number of likely N-dealkylation sites (N-methyl/N-ethyl adjacent to an activating group) is 1. The molecular weight excluding hydrogens is 332 g/mol. The van der Waals surface area contributed by atoms with Crippen LogP contribution in [0, 0.1) is 6.92 Å². The molecule has 1 fully saturated rings. The molecule has 3 aromatic heterocycles. The first-order chi connectivity index (χ1) is 12.6. The van der Waals surface area contributed by atoms with Crippen molar-refractivity contribution in [3.63, 3.8) is 0 Å². The van der Waals surface area contributed by atoms with Gasteiger partial charge in [-0.2, -0.15) is 5.10 Å². The SMILES string of the molecule is Cc1nn(C)c2nc(-c3ccccn3)nc(N(C)CC3COCCO3)c12. The van der Waals surface area contributed by atoms with Crippen LogP contribution < -0.4 is 4.90 Å². The summed E-state index contributed by atoms with van der Waals surface area (Å²) in [5, 5.41) is 5.48. The van der Waals surface area contributed by atoms with Crippen LogP contribution in [0.5, 0.6) is 0 Å². The Morgan fingerprint density at radius 3 is 2.88 bits per heavy atom. The normalized spacial score (nSPS) is 17.6. The molecule has 8 nitrogen and oxygen atoms in total. The topological polar surface area (TPSA) is 78.2 Å². The van der Waals surface area contributed by atoms with E-state index in [1.54, 1.807) is 10.9 Å². The Morgan fingerprint density at radius 1 is 1.27 bits per heavy atom. The summed E-state index contributed by atoms with van der Waals surface area (Å²) < 4.78 is 13.1. The van der Waals surface area contributed by atoms with Crippen molar-refractivity contribution >= 4 is 16.9 Å². The van der Waals surface area contributed by atoms with Gasteiger partial charge in [0.2, 0.25) is 0 Å². The Balaban J connectivity index is 1.78. The Morgan fingerprint density at radius 2 is 2.15 bits per heavy atom. The molecule has 4 rings (SSSR count). The molecule has 0 aliphatic carbocycles. The molecule has 1 aliphatic heterocycles. The van der Waals surface area contributed by atoms with Gasteiger partial charge in [0, 0.05) is 26.8 Å². The van der Waals surface area contributed by atoms with Crippen LogP contribution in [-0.2, 0) is 16.5 Å². The zero-order valence-corrected chi connectivity index (χ0v) is 15.2. The molecule has 0 bridgehead atoms. The molecule has 4 heterocycles. The highest BCUT2D eigenvalue weighted by Gasteiger charge is 2.22. The van der Waals surface area contributed by atoms with Crippen molar-refractivity contribution in [1.29, 1.82) is 0 Å².